The van der Waals surface area contributed by atoms with Crippen molar-refractivity contribution in [1.82, 2.24) is 5.32 Å². The molecule has 8 heteroatoms. The molecule has 27 heavy (non-hydrogen) atoms. The number of nitrogens with one attached hydrogen (secondary N) is 1. The molecule has 1 aromatic rings. The molecule has 2 atom stereocenters. The number of carbonyl (C=O) groups is 2. The lowest BCUT2D eigenvalue weighted by atomic mass is 9.74. The van der Waals surface area contributed by atoms with Gasteiger partial charge in [0.2, 0.25) is 17.2 Å². The number of hydrogen-bond acceptors (Lipinski definition) is 7. The number of benzene rings is 1. The van der Waals surface area contributed by atoms with Crippen LogP contribution in [0.3, 0.4) is 0 Å². The van der Waals surface area contributed by atoms with Crippen LogP contribution in [0.25, 0.3) is 0 Å². The first kappa shape index (κ1) is 19.5. The minimum Gasteiger partial charge on any atom is -0.496 e. The summed E-state index contributed by atoms with van der Waals surface area (Å²) in [7, 11) is 2.87. The topological polar surface area (TPSA) is 94.1 Å². The van der Waals surface area contributed by atoms with E-state index >= 15 is 0 Å². The van der Waals surface area contributed by atoms with Crippen molar-refractivity contribution in [2.75, 3.05) is 27.4 Å². The number of fused-ring (bicyclic) bond motifs is 1. The largest absolute Gasteiger partial charge is 0.496 e. The molecule has 0 amide bonds. The van der Waals surface area contributed by atoms with Gasteiger partial charge in [-0.25, -0.2) is 0 Å². The fourth-order valence-corrected chi connectivity index (χ4v) is 3.84. The highest BCUT2D eigenvalue weighted by atomic mass is 35.5. The third kappa shape index (κ3) is 2.95. The van der Waals surface area contributed by atoms with Gasteiger partial charge in [0.25, 0.3) is 0 Å². The molecule has 0 bridgehead atoms. The number of allylic oxidation sites excluding steroid dienone is 1. The summed E-state index contributed by atoms with van der Waals surface area (Å²) in [5.41, 5.74) is -0.781. The van der Waals surface area contributed by atoms with E-state index in [0.29, 0.717) is 25.1 Å². The van der Waals surface area contributed by atoms with Gasteiger partial charge in [-0.2, -0.15) is 0 Å². The zero-order chi connectivity index (χ0) is 19.8. The molecule has 1 heterocycles. The van der Waals surface area contributed by atoms with Gasteiger partial charge in [-0.15, -0.1) is 0 Å². The first-order valence-electron chi connectivity index (χ1n) is 8.68. The second-order valence-corrected chi connectivity index (χ2v) is 6.99. The van der Waals surface area contributed by atoms with Gasteiger partial charge in [0, 0.05) is 36.9 Å². The number of aliphatic hydroxyl groups excluding tert-OH is 1. The number of ether oxygens (including phenoxy) is 3. The highest BCUT2D eigenvalue weighted by Gasteiger charge is 2.60. The van der Waals surface area contributed by atoms with E-state index in [9.17, 15) is 9.59 Å². The molecular formula is C19H22ClNO6. The molecule has 3 rings (SSSR count). The van der Waals surface area contributed by atoms with Crippen molar-refractivity contribution in [3.05, 3.63) is 28.4 Å². The van der Waals surface area contributed by atoms with Crippen molar-refractivity contribution in [3.8, 4) is 17.2 Å². The smallest absolute Gasteiger partial charge is 0.236 e. The second-order valence-electron chi connectivity index (χ2n) is 6.61. The van der Waals surface area contributed by atoms with E-state index in [-0.39, 0.29) is 28.7 Å². The van der Waals surface area contributed by atoms with E-state index < -0.39 is 23.1 Å². The number of hydrogen-bond donors (Lipinski definition) is 2. The molecule has 2 N–H and O–H groups in total. The van der Waals surface area contributed by atoms with Gasteiger partial charge in [-0.3, -0.25) is 9.59 Å². The Morgan fingerprint density at radius 3 is 2.63 bits per heavy atom. The Bertz CT molecular complexity index is 821. The van der Waals surface area contributed by atoms with Crippen LogP contribution in [0.2, 0.25) is 5.02 Å². The summed E-state index contributed by atoms with van der Waals surface area (Å²) in [5, 5.41) is 12.1. The highest BCUT2D eigenvalue weighted by Crippen LogP contribution is 2.52. The molecule has 0 fully saturated rings. The van der Waals surface area contributed by atoms with E-state index in [0.717, 1.165) is 5.70 Å². The quantitative estimate of drug-likeness (QED) is 0.563. The fourth-order valence-electron chi connectivity index (χ4n) is 3.58. The molecule has 2 unspecified atom stereocenters. The molecule has 0 aromatic heterocycles. The molecule has 1 aliphatic carbocycles. The van der Waals surface area contributed by atoms with Gasteiger partial charge in [-0.05, 0) is 12.8 Å². The Hall–Kier alpha value is -2.25. The number of Topliss-reactive ketones (excluding diaryl/α,β-unsaturated/α-hetero) is 1. The Kier molecular flexibility index (Phi) is 5.35. The zero-order valence-electron chi connectivity index (χ0n) is 15.4. The zero-order valence-corrected chi connectivity index (χ0v) is 16.2. The minimum atomic E-state index is -1.66. The molecule has 2 aliphatic rings. The van der Waals surface area contributed by atoms with Crippen LogP contribution < -0.4 is 19.5 Å². The normalized spacial score (nSPS) is 23.7. The Labute approximate surface area is 162 Å². The standard InChI is InChI=1S/C19H22ClNO6/c1-10-7-11(21-5-4-6-22)8-14(23)19(10)18(24)15-12(25-2)9-13(26-3)16(20)17(15)27-19/h8-10,21-22H,4-7H2,1-3H3. The van der Waals surface area contributed by atoms with Gasteiger partial charge in [-0.1, -0.05) is 18.5 Å². The first-order chi connectivity index (χ1) is 12.9. The molecule has 1 aliphatic heterocycles. The maximum atomic E-state index is 13.3. The van der Waals surface area contributed by atoms with E-state index in [1.165, 1.54) is 26.4 Å². The van der Waals surface area contributed by atoms with Crippen LogP contribution in [0.4, 0.5) is 0 Å². The SMILES string of the molecule is COc1cc(OC)c2c(c1Cl)OC1(C(=O)C=C(NCCCO)CC1C)C2=O. The van der Waals surface area contributed by atoms with Gasteiger partial charge in [0.15, 0.2) is 5.75 Å². The third-order valence-electron chi connectivity index (χ3n) is 5.00. The first-order valence-corrected chi connectivity index (χ1v) is 9.06. The van der Waals surface area contributed by atoms with Crippen LogP contribution in [0.15, 0.2) is 17.8 Å². The fraction of sp³-hybridized carbons (Fsp3) is 0.474. The van der Waals surface area contributed by atoms with Crippen molar-refractivity contribution in [2.24, 2.45) is 5.92 Å². The number of methoxy groups -OCH3 is 2. The molecule has 0 saturated heterocycles. The highest BCUT2D eigenvalue weighted by molar-refractivity contribution is 6.36. The van der Waals surface area contributed by atoms with Crippen molar-refractivity contribution < 1.29 is 28.9 Å². The van der Waals surface area contributed by atoms with Crippen molar-refractivity contribution >= 4 is 23.2 Å². The summed E-state index contributed by atoms with van der Waals surface area (Å²) >= 11 is 6.34. The summed E-state index contributed by atoms with van der Waals surface area (Å²) < 4.78 is 16.5. The Morgan fingerprint density at radius 1 is 1.33 bits per heavy atom. The van der Waals surface area contributed by atoms with Gasteiger partial charge in [0.05, 0.1) is 14.2 Å². The molecular weight excluding hydrogens is 374 g/mol. The lowest BCUT2D eigenvalue weighted by Gasteiger charge is -2.35. The summed E-state index contributed by atoms with van der Waals surface area (Å²) in [6, 6.07) is 1.51. The number of halogens is 1. The summed E-state index contributed by atoms with van der Waals surface area (Å²) in [6.07, 6.45) is 2.42. The maximum absolute atomic E-state index is 13.3. The van der Waals surface area contributed by atoms with Crippen molar-refractivity contribution in [3.63, 3.8) is 0 Å². The van der Waals surface area contributed by atoms with Gasteiger partial charge < -0.3 is 24.6 Å². The third-order valence-corrected chi connectivity index (χ3v) is 5.35. The number of aliphatic hydroxyl groups is 1. The predicted molar refractivity (Wildman–Crippen MR) is 98.8 cm³/mol. The van der Waals surface area contributed by atoms with Crippen LogP contribution >= 0.6 is 11.6 Å². The summed E-state index contributed by atoms with van der Waals surface area (Å²) in [6.45, 7) is 2.39. The Balaban J connectivity index is 2.02. The molecule has 0 saturated carbocycles. The Morgan fingerprint density at radius 2 is 2.04 bits per heavy atom. The van der Waals surface area contributed by atoms with Crippen molar-refractivity contribution in [1.29, 1.82) is 0 Å². The van der Waals surface area contributed by atoms with E-state index in [2.05, 4.69) is 5.32 Å². The molecule has 7 nitrogen and oxygen atoms in total. The van der Waals surface area contributed by atoms with E-state index in [1.807, 2.05) is 0 Å². The maximum Gasteiger partial charge on any atom is 0.236 e. The van der Waals surface area contributed by atoms with Crippen LogP contribution in [-0.2, 0) is 4.79 Å². The lowest BCUT2D eigenvalue weighted by molar-refractivity contribution is -0.129. The van der Waals surface area contributed by atoms with E-state index in [1.54, 1.807) is 6.92 Å². The monoisotopic (exact) mass is 395 g/mol. The van der Waals surface area contributed by atoms with Gasteiger partial charge >= 0.3 is 0 Å². The average Bonchev–Trinajstić information content (AvgIpc) is 2.96. The molecule has 0 radical (unpaired) electrons. The predicted octanol–water partition coefficient (Wildman–Crippen LogP) is 2.14. The van der Waals surface area contributed by atoms with E-state index in [4.69, 9.17) is 30.9 Å². The number of ketones is 2. The summed E-state index contributed by atoms with van der Waals surface area (Å²) in [4.78, 5) is 26.3. The average molecular weight is 396 g/mol. The molecule has 1 spiro atoms. The minimum absolute atomic E-state index is 0.0603. The van der Waals surface area contributed by atoms with Crippen molar-refractivity contribution in [2.45, 2.75) is 25.4 Å². The number of rotatable bonds is 6. The van der Waals surface area contributed by atoms with Crippen LogP contribution in [0.1, 0.15) is 30.1 Å². The molecule has 1 aromatic carbocycles. The van der Waals surface area contributed by atoms with Crippen LogP contribution in [0.5, 0.6) is 17.2 Å². The van der Waals surface area contributed by atoms with Crippen LogP contribution in [0, 0.1) is 5.92 Å². The lowest BCUT2D eigenvalue weighted by Crippen LogP contribution is -2.55. The van der Waals surface area contributed by atoms with Gasteiger partial charge in [0.1, 0.15) is 22.1 Å². The molecule has 146 valence electrons. The number of carbonyl (C=O) groups excluding carboxylic acids is 2. The second kappa shape index (κ2) is 7.40. The summed E-state index contributed by atoms with van der Waals surface area (Å²) in [5.74, 6) is -0.645. The van der Waals surface area contributed by atoms with Crippen LogP contribution in [-0.4, -0.2) is 49.6 Å².